The zero-order valence-corrected chi connectivity index (χ0v) is 12.0. The van der Waals surface area contributed by atoms with E-state index in [1.54, 1.807) is 0 Å². The summed E-state index contributed by atoms with van der Waals surface area (Å²) in [6.45, 7) is 5.99. The van der Waals surface area contributed by atoms with Crippen LogP contribution in [0.15, 0.2) is 42.5 Å². The second-order valence-electron chi connectivity index (χ2n) is 4.74. The average Bonchev–Trinajstić information content (AvgIpc) is 2.47. The van der Waals surface area contributed by atoms with Crippen molar-refractivity contribution in [1.29, 1.82) is 0 Å². The second kappa shape index (κ2) is 7.08. The van der Waals surface area contributed by atoms with Crippen molar-refractivity contribution < 1.29 is 9.84 Å². The van der Waals surface area contributed by atoms with Crippen LogP contribution in [0.1, 0.15) is 23.6 Å². The van der Waals surface area contributed by atoms with E-state index < -0.39 is 0 Å². The Hall–Kier alpha value is -1.84. The molecule has 0 saturated carbocycles. The molecule has 20 heavy (non-hydrogen) atoms. The highest BCUT2D eigenvalue weighted by Gasteiger charge is 2.05. The zero-order chi connectivity index (χ0) is 14.4. The van der Waals surface area contributed by atoms with E-state index in [4.69, 9.17) is 4.74 Å². The summed E-state index contributed by atoms with van der Waals surface area (Å²) in [7, 11) is 0. The number of para-hydroxylation sites is 1. The van der Waals surface area contributed by atoms with Gasteiger partial charge < -0.3 is 15.2 Å². The Balaban J connectivity index is 2.16. The standard InChI is InChI=1S/C17H21NO2/c1-3-18-11-14-8-9-16(10-13(14)2)20-17-7-5-4-6-15(17)12-19/h4-10,18-19H,3,11-12H2,1-2H3. The molecule has 2 aromatic rings. The van der Waals surface area contributed by atoms with Gasteiger partial charge in [-0.25, -0.2) is 0 Å². The molecule has 2 aromatic carbocycles. The Morgan fingerprint density at radius 1 is 1.10 bits per heavy atom. The van der Waals surface area contributed by atoms with Crippen molar-refractivity contribution >= 4 is 0 Å². The summed E-state index contributed by atoms with van der Waals surface area (Å²) in [6, 6.07) is 13.6. The predicted octanol–water partition coefficient (Wildman–Crippen LogP) is 3.39. The number of hydrogen-bond donors (Lipinski definition) is 2. The van der Waals surface area contributed by atoms with Gasteiger partial charge in [-0.3, -0.25) is 0 Å². The number of aliphatic hydroxyl groups excluding tert-OH is 1. The fourth-order valence-electron chi connectivity index (χ4n) is 2.05. The fraction of sp³-hybridized carbons (Fsp3) is 0.294. The average molecular weight is 271 g/mol. The lowest BCUT2D eigenvalue weighted by Crippen LogP contribution is -2.12. The van der Waals surface area contributed by atoms with Gasteiger partial charge in [-0.15, -0.1) is 0 Å². The molecular formula is C17H21NO2. The van der Waals surface area contributed by atoms with Crippen molar-refractivity contribution in [3.63, 3.8) is 0 Å². The molecule has 0 spiro atoms. The zero-order valence-electron chi connectivity index (χ0n) is 12.0. The third-order valence-corrected chi connectivity index (χ3v) is 3.25. The van der Waals surface area contributed by atoms with Crippen molar-refractivity contribution in [2.75, 3.05) is 6.54 Å². The minimum atomic E-state index is -0.0202. The van der Waals surface area contributed by atoms with Gasteiger partial charge >= 0.3 is 0 Å². The van der Waals surface area contributed by atoms with Gasteiger partial charge in [0.15, 0.2) is 0 Å². The van der Waals surface area contributed by atoms with Gasteiger partial charge in [-0.1, -0.05) is 31.2 Å². The van der Waals surface area contributed by atoms with Crippen LogP contribution in [0.25, 0.3) is 0 Å². The van der Waals surface area contributed by atoms with E-state index in [1.807, 2.05) is 36.4 Å². The smallest absolute Gasteiger partial charge is 0.132 e. The maximum Gasteiger partial charge on any atom is 0.132 e. The van der Waals surface area contributed by atoms with Crippen LogP contribution in [-0.2, 0) is 13.2 Å². The molecule has 0 unspecified atom stereocenters. The molecule has 0 amide bonds. The number of hydrogen-bond acceptors (Lipinski definition) is 3. The van der Waals surface area contributed by atoms with Crippen LogP contribution >= 0.6 is 0 Å². The van der Waals surface area contributed by atoms with E-state index in [0.29, 0.717) is 5.75 Å². The molecule has 3 nitrogen and oxygen atoms in total. The molecule has 0 aliphatic carbocycles. The first-order valence-corrected chi connectivity index (χ1v) is 6.91. The molecule has 2 rings (SSSR count). The number of benzene rings is 2. The number of aryl methyl sites for hydroxylation is 1. The third-order valence-electron chi connectivity index (χ3n) is 3.25. The van der Waals surface area contributed by atoms with Crippen LogP contribution in [0, 0.1) is 6.92 Å². The molecule has 106 valence electrons. The summed E-state index contributed by atoms with van der Waals surface area (Å²) in [5.41, 5.74) is 3.27. The number of rotatable bonds is 6. The topological polar surface area (TPSA) is 41.5 Å². The molecule has 2 N–H and O–H groups in total. The monoisotopic (exact) mass is 271 g/mol. The van der Waals surface area contributed by atoms with Crippen molar-refractivity contribution in [2.45, 2.75) is 27.0 Å². The van der Waals surface area contributed by atoms with Crippen LogP contribution in [0.2, 0.25) is 0 Å². The van der Waals surface area contributed by atoms with E-state index in [1.165, 1.54) is 11.1 Å². The lowest BCUT2D eigenvalue weighted by Gasteiger charge is -2.12. The van der Waals surface area contributed by atoms with E-state index in [9.17, 15) is 5.11 Å². The van der Waals surface area contributed by atoms with E-state index >= 15 is 0 Å². The van der Waals surface area contributed by atoms with Crippen molar-refractivity contribution in [3.05, 3.63) is 59.2 Å². The summed E-state index contributed by atoms with van der Waals surface area (Å²) in [5, 5.41) is 12.6. The molecule has 0 heterocycles. The van der Waals surface area contributed by atoms with Gasteiger partial charge in [0.25, 0.3) is 0 Å². The molecule has 3 heteroatoms. The number of aliphatic hydroxyl groups is 1. The second-order valence-corrected chi connectivity index (χ2v) is 4.74. The van der Waals surface area contributed by atoms with Gasteiger partial charge in [0.2, 0.25) is 0 Å². The van der Waals surface area contributed by atoms with Crippen molar-refractivity contribution in [1.82, 2.24) is 5.32 Å². The highest BCUT2D eigenvalue weighted by Crippen LogP contribution is 2.26. The van der Waals surface area contributed by atoms with Gasteiger partial charge in [0, 0.05) is 12.1 Å². The number of ether oxygens (including phenoxy) is 1. The van der Waals surface area contributed by atoms with E-state index in [2.05, 4.69) is 25.2 Å². The molecule has 0 saturated heterocycles. The molecule has 0 radical (unpaired) electrons. The molecule has 0 aliphatic heterocycles. The first kappa shape index (κ1) is 14.6. The Morgan fingerprint density at radius 3 is 2.60 bits per heavy atom. The summed E-state index contributed by atoms with van der Waals surface area (Å²) in [6.07, 6.45) is 0. The SMILES string of the molecule is CCNCc1ccc(Oc2ccccc2CO)cc1C. The Bertz CT molecular complexity index is 567. The van der Waals surface area contributed by atoms with Gasteiger partial charge in [0.05, 0.1) is 6.61 Å². The van der Waals surface area contributed by atoms with Crippen LogP contribution in [0.3, 0.4) is 0 Å². The Morgan fingerprint density at radius 2 is 1.90 bits per heavy atom. The predicted molar refractivity (Wildman–Crippen MR) is 81.0 cm³/mol. The highest BCUT2D eigenvalue weighted by atomic mass is 16.5. The Kier molecular flexibility index (Phi) is 5.16. The number of nitrogens with one attached hydrogen (secondary N) is 1. The van der Waals surface area contributed by atoms with Crippen LogP contribution < -0.4 is 10.1 Å². The molecule has 0 fully saturated rings. The van der Waals surface area contributed by atoms with Gasteiger partial charge in [-0.05, 0) is 42.8 Å². The van der Waals surface area contributed by atoms with Crippen LogP contribution in [-0.4, -0.2) is 11.7 Å². The third kappa shape index (κ3) is 3.59. The summed E-state index contributed by atoms with van der Waals surface area (Å²) >= 11 is 0. The molecule has 0 aliphatic rings. The quantitative estimate of drug-likeness (QED) is 0.846. The normalized spacial score (nSPS) is 10.6. The minimum Gasteiger partial charge on any atom is -0.457 e. The van der Waals surface area contributed by atoms with Gasteiger partial charge in [-0.2, -0.15) is 0 Å². The largest absolute Gasteiger partial charge is 0.457 e. The lowest BCUT2D eigenvalue weighted by molar-refractivity contribution is 0.276. The van der Waals surface area contributed by atoms with Crippen LogP contribution in [0.4, 0.5) is 0 Å². The first-order valence-electron chi connectivity index (χ1n) is 6.91. The van der Waals surface area contributed by atoms with Crippen LogP contribution in [0.5, 0.6) is 11.5 Å². The van der Waals surface area contributed by atoms with Crippen molar-refractivity contribution in [2.24, 2.45) is 0 Å². The highest BCUT2D eigenvalue weighted by molar-refractivity contribution is 5.40. The van der Waals surface area contributed by atoms with Crippen molar-refractivity contribution in [3.8, 4) is 11.5 Å². The van der Waals surface area contributed by atoms with Gasteiger partial charge in [0.1, 0.15) is 11.5 Å². The minimum absolute atomic E-state index is 0.0202. The molecule has 0 aromatic heterocycles. The molecule has 0 atom stereocenters. The summed E-state index contributed by atoms with van der Waals surface area (Å²) in [4.78, 5) is 0. The molecular weight excluding hydrogens is 250 g/mol. The van der Waals surface area contributed by atoms with E-state index in [0.717, 1.165) is 24.4 Å². The Labute approximate surface area is 120 Å². The van der Waals surface area contributed by atoms with E-state index in [-0.39, 0.29) is 6.61 Å². The lowest BCUT2D eigenvalue weighted by atomic mass is 10.1. The maximum atomic E-state index is 9.30. The summed E-state index contributed by atoms with van der Waals surface area (Å²) in [5.74, 6) is 1.50. The first-order chi connectivity index (χ1) is 9.74. The maximum absolute atomic E-state index is 9.30. The fourth-order valence-corrected chi connectivity index (χ4v) is 2.05. The molecule has 0 bridgehead atoms. The summed E-state index contributed by atoms with van der Waals surface area (Å²) < 4.78 is 5.86.